The molecule has 23 heavy (non-hydrogen) atoms. The molecule has 2 aromatic rings. The number of hydrogen-bond donors (Lipinski definition) is 0. The fraction of sp³-hybridized carbons (Fsp3) is 0.235. The Morgan fingerprint density at radius 1 is 1.13 bits per heavy atom. The molecule has 3 amide bonds. The van der Waals surface area contributed by atoms with E-state index in [1.165, 1.54) is 4.90 Å². The van der Waals surface area contributed by atoms with Gasteiger partial charge in [0.15, 0.2) is 0 Å². The van der Waals surface area contributed by atoms with Gasteiger partial charge in [0.2, 0.25) is 0 Å². The molecule has 0 saturated carbocycles. The minimum Gasteiger partial charge on any atom is -0.309 e. The second kappa shape index (κ2) is 4.78. The lowest BCUT2D eigenvalue weighted by Gasteiger charge is -2.18. The molecule has 0 aliphatic carbocycles. The summed E-state index contributed by atoms with van der Waals surface area (Å²) in [5.41, 5.74) is 0.864. The Labute approximate surface area is 131 Å². The first-order valence-corrected chi connectivity index (χ1v) is 7.34. The largest absolute Gasteiger partial charge is 0.332 e. The smallest absolute Gasteiger partial charge is 0.309 e. The van der Waals surface area contributed by atoms with Gasteiger partial charge in [-0.05, 0) is 18.6 Å². The number of imide groups is 1. The van der Waals surface area contributed by atoms with E-state index in [9.17, 15) is 19.2 Å². The molecule has 2 heterocycles. The maximum Gasteiger partial charge on any atom is 0.332 e. The SMILES string of the molecule is N#Cc1ccc(N2C(=O)C3C(F)CCN3C2=O)c2ccccc12. The maximum atomic E-state index is 13.9. The van der Waals surface area contributed by atoms with E-state index < -0.39 is 24.2 Å². The molecular weight excluding hydrogens is 297 g/mol. The first kappa shape index (κ1) is 13.7. The third-order valence-corrected chi connectivity index (χ3v) is 4.50. The van der Waals surface area contributed by atoms with Crippen LogP contribution in [0, 0.1) is 11.3 Å². The lowest BCUT2D eigenvalue weighted by molar-refractivity contribution is -0.120. The zero-order chi connectivity index (χ0) is 16.1. The van der Waals surface area contributed by atoms with E-state index in [4.69, 9.17) is 0 Å². The number of anilines is 1. The van der Waals surface area contributed by atoms with Gasteiger partial charge in [-0.2, -0.15) is 5.26 Å². The molecule has 114 valence electrons. The van der Waals surface area contributed by atoms with Crippen LogP contribution in [0.4, 0.5) is 14.9 Å². The molecular formula is C17H12FN3O2. The Kier molecular flexibility index (Phi) is 2.85. The minimum absolute atomic E-state index is 0.199. The van der Waals surface area contributed by atoms with Gasteiger partial charge in [-0.1, -0.05) is 24.3 Å². The number of halogens is 1. The Bertz CT molecular complexity index is 889. The number of carbonyl (C=O) groups excluding carboxylic acids is 2. The van der Waals surface area contributed by atoms with Gasteiger partial charge in [0.05, 0.1) is 17.3 Å². The molecule has 6 heteroatoms. The molecule has 0 radical (unpaired) electrons. The molecule has 0 N–H and O–H groups in total. The Balaban J connectivity index is 1.89. The van der Waals surface area contributed by atoms with Crippen molar-refractivity contribution in [1.29, 1.82) is 5.26 Å². The van der Waals surface area contributed by atoms with Crippen LogP contribution in [0.3, 0.4) is 0 Å². The molecule has 2 saturated heterocycles. The first-order valence-electron chi connectivity index (χ1n) is 7.34. The Morgan fingerprint density at radius 2 is 1.87 bits per heavy atom. The highest BCUT2D eigenvalue weighted by Gasteiger charge is 2.53. The number of fused-ring (bicyclic) bond motifs is 2. The predicted octanol–water partition coefficient (Wildman–Crippen LogP) is 2.59. The van der Waals surface area contributed by atoms with Crippen LogP contribution in [0.2, 0.25) is 0 Å². The van der Waals surface area contributed by atoms with E-state index in [0.29, 0.717) is 22.0 Å². The van der Waals surface area contributed by atoms with Crippen molar-refractivity contribution in [3.05, 3.63) is 42.0 Å². The van der Waals surface area contributed by atoms with Crippen molar-refractivity contribution in [3.63, 3.8) is 0 Å². The highest BCUT2D eigenvalue weighted by Crippen LogP contribution is 2.37. The molecule has 2 unspecified atom stereocenters. The second-order valence-electron chi connectivity index (χ2n) is 5.69. The third kappa shape index (κ3) is 1.77. The standard InChI is InChI=1S/C17H12FN3O2/c18-13-7-8-20-15(13)16(22)21(17(20)23)14-6-5-10(9-19)11-3-1-2-4-12(11)14/h1-6,13,15H,7-8H2. The highest BCUT2D eigenvalue weighted by molar-refractivity contribution is 6.25. The summed E-state index contributed by atoms with van der Waals surface area (Å²) in [5, 5.41) is 10.5. The van der Waals surface area contributed by atoms with E-state index in [1.807, 2.05) is 0 Å². The number of benzene rings is 2. The number of carbonyl (C=O) groups is 2. The number of nitrogens with zero attached hydrogens (tertiary/aromatic N) is 3. The van der Waals surface area contributed by atoms with Gasteiger partial charge >= 0.3 is 6.03 Å². The summed E-state index contributed by atoms with van der Waals surface area (Å²) in [5.74, 6) is -0.533. The van der Waals surface area contributed by atoms with Gasteiger partial charge in [0, 0.05) is 17.3 Å². The summed E-state index contributed by atoms with van der Waals surface area (Å²) in [7, 11) is 0. The fourth-order valence-corrected chi connectivity index (χ4v) is 3.41. The molecule has 2 atom stereocenters. The molecule has 2 aliphatic rings. The summed E-state index contributed by atoms with van der Waals surface area (Å²) >= 11 is 0. The molecule has 2 fully saturated rings. The van der Waals surface area contributed by atoms with Crippen molar-refractivity contribution in [2.24, 2.45) is 0 Å². The first-order chi connectivity index (χ1) is 11.1. The molecule has 5 nitrogen and oxygen atoms in total. The summed E-state index contributed by atoms with van der Waals surface area (Å²) in [6.07, 6.45) is -1.12. The number of hydrogen-bond acceptors (Lipinski definition) is 3. The number of urea groups is 1. The molecule has 0 bridgehead atoms. The average molecular weight is 309 g/mol. The van der Waals surface area contributed by atoms with Crippen molar-refractivity contribution >= 4 is 28.4 Å². The van der Waals surface area contributed by atoms with Crippen molar-refractivity contribution in [2.45, 2.75) is 18.6 Å². The zero-order valence-electron chi connectivity index (χ0n) is 12.1. The van der Waals surface area contributed by atoms with Crippen LogP contribution in [0.25, 0.3) is 10.8 Å². The third-order valence-electron chi connectivity index (χ3n) is 4.50. The van der Waals surface area contributed by atoms with Crippen LogP contribution in [-0.2, 0) is 4.79 Å². The van der Waals surface area contributed by atoms with Crippen molar-refractivity contribution in [1.82, 2.24) is 4.90 Å². The van der Waals surface area contributed by atoms with E-state index in [1.54, 1.807) is 36.4 Å². The van der Waals surface area contributed by atoms with Crippen molar-refractivity contribution in [2.75, 3.05) is 11.4 Å². The molecule has 2 aromatic carbocycles. The lowest BCUT2D eigenvalue weighted by atomic mass is 10.0. The van der Waals surface area contributed by atoms with Gasteiger partial charge in [-0.25, -0.2) is 14.1 Å². The van der Waals surface area contributed by atoms with Crippen LogP contribution < -0.4 is 4.90 Å². The van der Waals surface area contributed by atoms with Crippen LogP contribution in [0.15, 0.2) is 36.4 Å². The topological polar surface area (TPSA) is 64.4 Å². The normalized spacial score (nSPS) is 23.5. The van der Waals surface area contributed by atoms with Crippen molar-refractivity contribution in [3.8, 4) is 6.07 Å². The van der Waals surface area contributed by atoms with Crippen molar-refractivity contribution < 1.29 is 14.0 Å². The van der Waals surface area contributed by atoms with Crippen LogP contribution in [0.1, 0.15) is 12.0 Å². The highest BCUT2D eigenvalue weighted by atomic mass is 19.1. The number of alkyl halides is 1. The monoisotopic (exact) mass is 309 g/mol. The lowest BCUT2D eigenvalue weighted by Crippen LogP contribution is -2.35. The molecule has 4 rings (SSSR count). The van der Waals surface area contributed by atoms with E-state index in [-0.39, 0.29) is 13.0 Å². The van der Waals surface area contributed by atoms with Gasteiger partial charge in [0.1, 0.15) is 12.2 Å². The number of nitriles is 1. The van der Waals surface area contributed by atoms with Crippen LogP contribution >= 0.6 is 0 Å². The zero-order valence-corrected chi connectivity index (χ0v) is 12.1. The number of rotatable bonds is 1. The fourth-order valence-electron chi connectivity index (χ4n) is 3.41. The summed E-state index contributed by atoms with van der Waals surface area (Å²) in [4.78, 5) is 27.4. The number of amides is 3. The second-order valence-corrected chi connectivity index (χ2v) is 5.69. The van der Waals surface area contributed by atoms with Gasteiger partial charge in [-0.3, -0.25) is 4.79 Å². The molecule has 2 aliphatic heterocycles. The Morgan fingerprint density at radius 3 is 2.57 bits per heavy atom. The maximum absolute atomic E-state index is 13.9. The van der Waals surface area contributed by atoms with E-state index in [2.05, 4.69) is 6.07 Å². The minimum atomic E-state index is -1.32. The average Bonchev–Trinajstić information content (AvgIpc) is 3.07. The van der Waals surface area contributed by atoms with Crippen LogP contribution in [-0.4, -0.2) is 35.6 Å². The van der Waals surface area contributed by atoms with Gasteiger partial charge in [-0.15, -0.1) is 0 Å². The van der Waals surface area contributed by atoms with Gasteiger partial charge < -0.3 is 4.90 Å². The summed E-state index contributed by atoms with van der Waals surface area (Å²) < 4.78 is 13.9. The molecule has 0 aromatic heterocycles. The van der Waals surface area contributed by atoms with Crippen LogP contribution in [0.5, 0.6) is 0 Å². The summed E-state index contributed by atoms with van der Waals surface area (Å²) in [6, 6.07) is 10.8. The van der Waals surface area contributed by atoms with E-state index in [0.717, 1.165) is 4.90 Å². The quantitative estimate of drug-likeness (QED) is 0.761. The molecule has 0 spiro atoms. The van der Waals surface area contributed by atoms with Gasteiger partial charge in [0.25, 0.3) is 5.91 Å². The van der Waals surface area contributed by atoms with E-state index >= 15 is 0 Å². The Hall–Kier alpha value is -2.94. The summed E-state index contributed by atoms with van der Waals surface area (Å²) in [6.45, 7) is 0.251. The predicted molar refractivity (Wildman–Crippen MR) is 81.6 cm³/mol.